The third-order valence-electron chi connectivity index (χ3n) is 3.69. The topological polar surface area (TPSA) is 82.7 Å². The standard InChI is InChI=1S/C16H21N3OS/c1-2-3-8-21-15(12(10-17)16(18)20)14-9-11-6-4-5-7-13(11)19-14/h9,19H,2-8H2,1H3,(H2,18,20)/b15-12+. The molecular weight excluding hydrogens is 282 g/mol. The quantitative estimate of drug-likeness (QED) is 0.481. The van der Waals surface area contributed by atoms with E-state index in [9.17, 15) is 10.1 Å². The summed E-state index contributed by atoms with van der Waals surface area (Å²) >= 11 is 1.55. The molecule has 1 aliphatic carbocycles. The summed E-state index contributed by atoms with van der Waals surface area (Å²) in [6.45, 7) is 2.12. The number of H-pyrrole nitrogens is 1. The van der Waals surface area contributed by atoms with Crippen LogP contribution in [0.5, 0.6) is 0 Å². The first kappa shape index (κ1) is 15.7. The molecule has 0 aliphatic heterocycles. The number of thioether (sulfide) groups is 1. The van der Waals surface area contributed by atoms with E-state index in [1.54, 1.807) is 11.8 Å². The Hall–Kier alpha value is -1.67. The second-order valence-corrected chi connectivity index (χ2v) is 6.38. The van der Waals surface area contributed by atoms with E-state index in [0.29, 0.717) is 4.91 Å². The average Bonchev–Trinajstić information content (AvgIpc) is 2.89. The lowest BCUT2D eigenvalue weighted by atomic mass is 9.98. The van der Waals surface area contributed by atoms with Crippen molar-refractivity contribution in [2.45, 2.75) is 45.4 Å². The van der Waals surface area contributed by atoms with Crippen LogP contribution in [0.4, 0.5) is 0 Å². The van der Waals surface area contributed by atoms with E-state index in [2.05, 4.69) is 18.0 Å². The molecule has 0 saturated heterocycles. The van der Waals surface area contributed by atoms with Gasteiger partial charge in [0.15, 0.2) is 0 Å². The Kier molecular flexibility index (Phi) is 5.51. The van der Waals surface area contributed by atoms with Crippen LogP contribution in [0.1, 0.15) is 49.6 Å². The molecule has 0 aromatic carbocycles. The van der Waals surface area contributed by atoms with Gasteiger partial charge in [-0.25, -0.2) is 0 Å². The Balaban J connectivity index is 2.37. The van der Waals surface area contributed by atoms with Gasteiger partial charge >= 0.3 is 0 Å². The van der Waals surface area contributed by atoms with Gasteiger partial charge in [-0.05, 0) is 49.5 Å². The molecular formula is C16H21N3OS. The Morgan fingerprint density at radius 3 is 2.86 bits per heavy atom. The number of nitriles is 1. The maximum Gasteiger partial charge on any atom is 0.260 e. The minimum Gasteiger partial charge on any atom is -0.365 e. The number of amides is 1. The zero-order valence-corrected chi connectivity index (χ0v) is 13.2. The van der Waals surface area contributed by atoms with Crippen molar-refractivity contribution in [3.8, 4) is 6.07 Å². The van der Waals surface area contributed by atoms with Crippen molar-refractivity contribution in [1.29, 1.82) is 5.26 Å². The van der Waals surface area contributed by atoms with Gasteiger partial charge in [0.1, 0.15) is 11.6 Å². The number of aromatic amines is 1. The van der Waals surface area contributed by atoms with E-state index < -0.39 is 5.91 Å². The molecule has 5 heteroatoms. The van der Waals surface area contributed by atoms with Gasteiger partial charge in [-0.1, -0.05) is 13.3 Å². The van der Waals surface area contributed by atoms with Gasteiger partial charge in [0, 0.05) is 5.69 Å². The lowest BCUT2D eigenvalue weighted by Crippen LogP contribution is -2.14. The predicted octanol–water partition coefficient (Wildman–Crippen LogP) is 3.15. The van der Waals surface area contributed by atoms with Gasteiger partial charge in [-0.15, -0.1) is 11.8 Å². The van der Waals surface area contributed by atoms with Crippen molar-refractivity contribution in [3.05, 3.63) is 28.6 Å². The highest BCUT2D eigenvalue weighted by Gasteiger charge is 2.19. The average molecular weight is 303 g/mol. The molecule has 0 saturated carbocycles. The first-order valence-corrected chi connectivity index (χ1v) is 8.44. The molecule has 0 radical (unpaired) electrons. The summed E-state index contributed by atoms with van der Waals surface area (Å²) in [7, 11) is 0. The second kappa shape index (κ2) is 7.37. The van der Waals surface area contributed by atoms with Crippen LogP contribution in [0.2, 0.25) is 0 Å². The molecule has 112 valence electrons. The second-order valence-electron chi connectivity index (χ2n) is 5.28. The monoisotopic (exact) mass is 303 g/mol. The summed E-state index contributed by atoms with van der Waals surface area (Å²) in [4.78, 5) is 15.6. The van der Waals surface area contributed by atoms with Crippen molar-refractivity contribution >= 4 is 22.6 Å². The van der Waals surface area contributed by atoms with Crippen LogP contribution < -0.4 is 5.73 Å². The van der Waals surface area contributed by atoms with Crippen LogP contribution in [-0.2, 0) is 17.6 Å². The van der Waals surface area contributed by atoms with Crippen molar-refractivity contribution < 1.29 is 4.79 Å². The Labute approximate surface area is 129 Å². The fourth-order valence-electron chi connectivity index (χ4n) is 2.55. The minimum atomic E-state index is -0.649. The van der Waals surface area contributed by atoms with E-state index in [-0.39, 0.29) is 5.57 Å². The molecule has 1 aromatic rings. The number of hydrogen-bond donors (Lipinski definition) is 2. The normalized spacial score (nSPS) is 15.0. The maximum absolute atomic E-state index is 11.5. The number of unbranched alkanes of at least 4 members (excludes halogenated alkanes) is 1. The van der Waals surface area contributed by atoms with Gasteiger partial charge in [0.25, 0.3) is 5.91 Å². The van der Waals surface area contributed by atoms with Crippen molar-refractivity contribution in [2.24, 2.45) is 5.73 Å². The predicted molar refractivity (Wildman–Crippen MR) is 86.5 cm³/mol. The SMILES string of the molecule is CCCCS/C(=C(\C#N)C(N)=O)c1cc2c([nH]1)CCCC2. The number of fused-ring (bicyclic) bond motifs is 1. The molecule has 0 bridgehead atoms. The highest BCUT2D eigenvalue weighted by atomic mass is 32.2. The Morgan fingerprint density at radius 2 is 2.24 bits per heavy atom. The summed E-state index contributed by atoms with van der Waals surface area (Å²) < 4.78 is 0. The highest BCUT2D eigenvalue weighted by molar-refractivity contribution is 8.08. The van der Waals surface area contributed by atoms with E-state index in [0.717, 1.165) is 37.1 Å². The fourth-order valence-corrected chi connectivity index (χ4v) is 3.74. The fraction of sp³-hybridized carbons (Fsp3) is 0.500. The van der Waals surface area contributed by atoms with Crippen molar-refractivity contribution in [2.75, 3.05) is 5.75 Å². The van der Waals surface area contributed by atoms with E-state index in [1.165, 1.54) is 24.1 Å². The zero-order chi connectivity index (χ0) is 15.2. The summed E-state index contributed by atoms with van der Waals surface area (Å²) in [5.41, 5.74) is 8.86. The zero-order valence-electron chi connectivity index (χ0n) is 12.4. The van der Waals surface area contributed by atoms with Crippen LogP contribution in [0.15, 0.2) is 11.6 Å². The van der Waals surface area contributed by atoms with Gasteiger partial charge in [-0.2, -0.15) is 5.26 Å². The van der Waals surface area contributed by atoms with Gasteiger partial charge in [0.05, 0.1) is 10.6 Å². The van der Waals surface area contributed by atoms with Gasteiger partial charge < -0.3 is 10.7 Å². The number of carbonyl (C=O) groups is 1. The van der Waals surface area contributed by atoms with Crippen molar-refractivity contribution in [1.82, 2.24) is 4.98 Å². The van der Waals surface area contributed by atoms with Crippen LogP contribution in [0, 0.1) is 11.3 Å². The summed E-state index contributed by atoms with van der Waals surface area (Å²) in [6.07, 6.45) is 6.63. The largest absolute Gasteiger partial charge is 0.365 e. The molecule has 0 unspecified atom stereocenters. The molecule has 4 nitrogen and oxygen atoms in total. The first-order chi connectivity index (χ1) is 10.2. The van der Waals surface area contributed by atoms with E-state index in [1.807, 2.05) is 6.07 Å². The molecule has 1 heterocycles. The molecule has 21 heavy (non-hydrogen) atoms. The van der Waals surface area contributed by atoms with Crippen molar-refractivity contribution in [3.63, 3.8) is 0 Å². The molecule has 2 rings (SSSR count). The number of aryl methyl sites for hydroxylation is 2. The summed E-state index contributed by atoms with van der Waals surface area (Å²) in [5.74, 6) is 0.234. The van der Waals surface area contributed by atoms with Crippen LogP contribution in [-0.4, -0.2) is 16.6 Å². The van der Waals surface area contributed by atoms with Crippen LogP contribution in [0.3, 0.4) is 0 Å². The van der Waals surface area contributed by atoms with Crippen LogP contribution in [0.25, 0.3) is 4.91 Å². The molecule has 1 amide bonds. The molecule has 0 fully saturated rings. The number of nitrogens with two attached hydrogens (primary N) is 1. The first-order valence-electron chi connectivity index (χ1n) is 7.45. The van der Waals surface area contributed by atoms with E-state index >= 15 is 0 Å². The molecule has 1 aliphatic rings. The lowest BCUT2D eigenvalue weighted by Gasteiger charge is -2.09. The number of hydrogen-bond acceptors (Lipinski definition) is 3. The molecule has 0 atom stereocenters. The smallest absolute Gasteiger partial charge is 0.260 e. The number of nitrogens with zero attached hydrogens (tertiary/aromatic N) is 1. The van der Waals surface area contributed by atoms with Gasteiger partial charge in [0.2, 0.25) is 0 Å². The third-order valence-corrected chi connectivity index (χ3v) is 4.89. The minimum absolute atomic E-state index is 0.0645. The number of aromatic nitrogens is 1. The number of nitrogens with one attached hydrogen (secondary N) is 1. The number of carbonyl (C=O) groups excluding carboxylic acids is 1. The maximum atomic E-state index is 11.5. The molecule has 3 N–H and O–H groups in total. The highest BCUT2D eigenvalue weighted by Crippen LogP contribution is 2.34. The van der Waals surface area contributed by atoms with Gasteiger partial charge in [-0.3, -0.25) is 4.79 Å². The molecule has 0 spiro atoms. The molecule has 1 aromatic heterocycles. The summed E-state index contributed by atoms with van der Waals surface area (Å²) in [6, 6.07) is 4.06. The Bertz CT molecular complexity index is 572. The number of primary amides is 1. The van der Waals surface area contributed by atoms with Crippen LogP contribution >= 0.6 is 11.8 Å². The third kappa shape index (κ3) is 3.70. The lowest BCUT2D eigenvalue weighted by molar-refractivity contribution is -0.114. The van der Waals surface area contributed by atoms with E-state index in [4.69, 9.17) is 5.73 Å². The summed E-state index contributed by atoms with van der Waals surface area (Å²) in [5, 5.41) is 9.25. The Morgan fingerprint density at radius 1 is 1.48 bits per heavy atom. The number of rotatable bonds is 6.